The van der Waals surface area contributed by atoms with Crippen LogP contribution in [0.2, 0.25) is 0 Å². The summed E-state index contributed by atoms with van der Waals surface area (Å²) >= 11 is 0. The van der Waals surface area contributed by atoms with E-state index in [1.165, 1.54) is 0 Å². The predicted octanol–water partition coefficient (Wildman–Crippen LogP) is 4.07. The Hall–Kier alpha value is -3.14. The third kappa shape index (κ3) is 3.75. The molecule has 0 aliphatic rings. The first-order valence-corrected chi connectivity index (χ1v) is 8.58. The highest BCUT2D eigenvalue weighted by molar-refractivity contribution is 6.04. The number of benzene rings is 2. The van der Waals surface area contributed by atoms with Crippen molar-refractivity contribution >= 4 is 11.6 Å². The van der Waals surface area contributed by atoms with Crippen LogP contribution in [0.1, 0.15) is 32.6 Å². The Morgan fingerprint density at radius 1 is 1.00 bits per heavy atom. The van der Waals surface area contributed by atoms with Crippen molar-refractivity contribution in [3.8, 4) is 0 Å². The van der Waals surface area contributed by atoms with Crippen molar-refractivity contribution in [1.82, 2.24) is 4.57 Å². The quantitative estimate of drug-likeness (QED) is 0.774. The number of carbonyl (C=O) groups excluding carboxylic acids is 1. The average Bonchev–Trinajstić information content (AvgIpc) is 2.61. The van der Waals surface area contributed by atoms with Gasteiger partial charge in [-0.15, -0.1) is 0 Å². The number of aromatic nitrogens is 1. The second kappa shape index (κ2) is 7.40. The van der Waals surface area contributed by atoms with Crippen LogP contribution in [0.4, 0.5) is 5.69 Å². The van der Waals surface area contributed by atoms with Gasteiger partial charge in [-0.3, -0.25) is 9.59 Å². The molecule has 1 amide bonds. The zero-order chi connectivity index (χ0) is 18.7. The van der Waals surface area contributed by atoms with Gasteiger partial charge in [0.2, 0.25) is 0 Å². The standard InChI is InChI=1S/C22H22N2O2/c1-15-7-4-9-18(13-15)14-24-12-6-10-19(22(24)26)21(25)23-20-11-5-8-16(2)17(20)3/h4-13H,14H2,1-3H3,(H,23,25). The van der Waals surface area contributed by atoms with Crippen LogP contribution >= 0.6 is 0 Å². The molecule has 4 nitrogen and oxygen atoms in total. The number of pyridine rings is 1. The molecular weight excluding hydrogens is 324 g/mol. The maximum absolute atomic E-state index is 12.7. The van der Waals surface area contributed by atoms with E-state index in [1.54, 1.807) is 22.9 Å². The Morgan fingerprint density at radius 2 is 1.77 bits per heavy atom. The zero-order valence-corrected chi connectivity index (χ0v) is 15.2. The van der Waals surface area contributed by atoms with Crippen molar-refractivity contribution in [2.45, 2.75) is 27.3 Å². The number of rotatable bonds is 4. The minimum atomic E-state index is -0.387. The van der Waals surface area contributed by atoms with Crippen LogP contribution < -0.4 is 10.9 Å². The van der Waals surface area contributed by atoms with Gasteiger partial charge >= 0.3 is 0 Å². The van der Waals surface area contributed by atoms with Gasteiger partial charge in [0.25, 0.3) is 11.5 Å². The predicted molar refractivity (Wildman–Crippen MR) is 105 cm³/mol. The Balaban J connectivity index is 1.88. The summed E-state index contributed by atoms with van der Waals surface area (Å²) in [7, 11) is 0. The lowest BCUT2D eigenvalue weighted by molar-refractivity contribution is 0.102. The number of nitrogens with zero attached hydrogens (tertiary/aromatic N) is 1. The van der Waals surface area contributed by atoms with Gasteiger partial charge in [-0.05, 0) is 55.7 Å². The molecule has 3 rings (SSSR count). The fourth-order valence-corrected chi connectivity index (χ4v) is 2.92. The van der Waals surface area contributed by atoms with Gasteiger partial charge in [-0.25, -0.2) is 0 Å². The van der Waals surface area contributed by atoms with E-state index >= 15 is 0 Å². The lowest BCUT2D eigenvalue weighted by Crippen LogP contribution is -2.29. The van der Waals surface area contributed by atoms with Crippen LogP contribution in [0.15, 0.2) is 65.6 Å². The fraction of sp³-hybridized carbons (Fsp3) is 0.182. The molecule has 1 heterocycles. The second-order valence-corrected chi connectivity index (χ2v) is 6.55. The van der Waals surface area contributed by atoms with Crippen molar-refractivity contribution in [3.05, 3.63) is 99.0 Å². The molecule has 0 radical (unpaired) electrons. The second-order valence-electron chi connectivity index (χ2n) is 6.55. The van der Waals surface area contributed by atoms with Gasteiger partial charge < -0.3 is 9.88 Å². The smallest absolute Gasteiger partial charge is 0.263 e. The van der Waals surface area contributed by atoms with Crippen molar-refractivity contribution in [2.75, 3.05) is 5.32 Å². The number of amides is 1. The molecule has 26 heavy (non-hydrogen) atoms. The van der Waals surface area contributed by atoms with Gasteiger partial charge in [0, 0.05) is 11.9 Å². The first kappa shape index (κ1) is 17.7. The first-order valence-electron chi connectivity index (χ1n) is 8.58. The van der Waals surface area contributed by atoms with Gasteiger partial charge in [-0.1, -0.05) is 42.0 Å². The summed E-state index contributed by atoms with van der Waals surface area (Å²) in [5.41, 5.74) is 4.82. The molecule has 0 aliphatic carbocycles. The van der Waals surface area contributed by atoms with Crippen molar-refractivity contribution < 1.29 is 4.79 Å². The summed E-state index contributed by atoms with van der Waals surface area (Å²) in [5, 5.41) is 2.86. The van der Waals surface area contributed by atoms with E-state index in [0.717, 1.165) is 27.9 Å². The molecule has 0 fully saturated rings. The highest BCUT2D eigenvalue weighted by Crippen LogP contribution is 2.18. The van der Waals surface area contributed by atoms with Crippen LogP contribution in [-0.4, -0.2) is 10.5 Å². The Bertz CT molecular complexity index is 1020. The summed E-state index contributed by atoms with van der Waals surface area (Å²) in [5.74, 6) is -0.387. The third-order valence-corrected chi connectivity index (χ3v) is 4.55. The molecule has 0 unspecified atom stereocenters. The maximum atomic E-state index is 12.7. The highest BCUT2D eigenvalue weighted by Gasteiger charge is 2.14. The normalized spacial score (nSPS) is 10.6. The zero-order valence-electron chi connectivity index (χ0n) is 15.2. The molecule has 0 aliphatic heterocycles. The molecular formula is C22H22N2O2. The number of carbonyl (C=O) groups is 1. The lowest BCUT2D eigenvalue weighted by atomic mass is 10.1. The van der Waals surface area contributed by atoms with Crippen LogP contribution in [-0.2, 0) is 6.54 Å². The van der Waals surface area contributed by atoms with Crippen molar-refractivity contribution in [2.24, 2.45) is 0 Å². The third-order valence-electron chi connectivity index (χ3n) is 4.55. The lowest BCUT2D eigenvalue weighted by Gasteiger charge is -2.12. The monoisotopic (exact) mass is 346 g/mol. The summed E-state index contributed by atoms with van der Waals surface area (Å²) < 4.78 is 1.56. The first-order chi connectivity index (χ1) is 12.5. The summed E-state index contributed by atoms with van der Waals surface area (Å²) in [6.45, 7) is 6.39. The van der Waals surface area contributed by atoms with Crippen LogP contribution in [0.3, 0.4) is 0 Å². The summed E-state index contributed by atoms with van der Waals surface area (Å²) in [6.07, 6.45) is 1.71. The van der Waals surface area contributed by atoms with Gasteiger partial charge in [0.1, 0.15) is 5.56 Å². The van der Waals surface area contributed by atoms with Crippen molar-refractivity contribution in [1.29, 1.82) is 0 Å². The SMILES string of the molecule is Cc1cccc(Cn2cccc(C(=O)Nc3cccc(C)c3C)c2=O)c1. The Kier molecular flexibility index (Phi) is 5.03. The van der Waals surface area contributed by atoms with Gasteiger partial charge in [0.05, 0.1) is 6.54 Å². The average molecular weight is 346 g/mol. The van der Waals surface area contributed by atoms with E-state index in [9.17, 15) is 9.59 Å². The minimum absolute atomic E-state index is 0.140. The number of hydrogen-bond donors (Lipinski definition) is 1. The van der Waals surface area contributed by atoms with Crippen LogP contribution in [0.25, 0.3) is 0 Å². The Morgan fingerprint density at radius 3 is 2.54 bits per heavy atom. The maximum Gasteiger partial charge on any atom is 0.263 e. The summed E-state index contributed by atoms with van der Waals surface area (Å²) in [6, 6.07) is 17.0. The molecule has 132 valence electrons. The molecule has 0 saturated carbocycles. The van der Waals surface area contributed by atoms with E-state index in [1.807, 2.05) is 63.2 Å². The van der Waals surface area contributed by atoms with E-state index in [2.05, 4.69) is 5.32 Å². The van der Waals surface area contributed by atoms with Gasteiger partial charge in [0.15, 0.2) is 0 Å². The molecule has 0 saturated heterocycles. The highest BCUT2D eigenvalue weighted by atomic mass is 16.2. The number of anilines is 1. The van der Waals surface area contributed by atoms with E-state index < -0.39 is 0 Å². The molecule has 4 heteroatoms. The van der Waals surface area contributed by atoms with Crippen molar-refractivity contribution in [3.63, 3.8) is 0 Å². The molecule has 0 bridgehead atoms. The number of aryl methyl sites for hydroxylation is 2. The van der Waals surface area contributed by atoms with E-state index in [-0.39, 0.29) is 17.0 Å². The molecule has 0 spiro atoms. The van der Waals surface area contributed by atoms with Crippen LogP contribution in [0.5, 0.6) is 0 Å². The van der Waals surface area contributed by atoms with E-state index in [4.69, 9.17) is 0 Å². The molecule has 2 aromatic carbocycles. The molecule has 1 aromatic heterocycles. The Labute approximate surface area is 153 Å². The number of nitrogens with one attached hydrogen (secondary N) is 1. The molecule has 0 atom stereocenters. The largest absolute Gasteiger partial charge is 0.322 e. The molecule has 1 N–H and O–H groups in total. The van der Waals surface area contributed by atoms with Gasteiger partial charge in [-0.2, -0.15) is 0 Å². The molecule has 3 aromatic rings. The van der Waals surface area contributed by atoms with E-state index in [0.29, 0.717) is 6.54 Å². The number of hydrogen-bond acceptors (Lipinski definition) is 2. The van der Waals surface area contributed by atoms with Crippen LogP contribution in [0, 0.1) is 20.8 Å². The topological polar surface area (TPSA) is 51.1 Å². The fourth-order valence-electron chi connectivity index (χ4n) is 2.92. The summed E-state index contributed by atoms with van der Waals surface area (Å²) in [4.78, 5) is 25.4. The minimum Gasteiger partial charge on any atom is -0.322 e.